The number of anilines is 1. The summed E-state index contributed by atoms with van der Waals surface area (Å²) in [4.78, 5) is -0.132. The van der Waals surface area contributed by atoms with Gasteiger partial charge in [0.05, 0.1) is 4.90 Å². The number of rotatable bonds is 7. The van der Waals surface area contributed by atoms with Gasteiger partial charge in [0.2, 0.25) is 10.0 Å². The second-order valence-corrected chi connectivity index (χ2v) is 6.45. The van der Waals surface area contributed by atoms with Crippen LogP contribution in [0.15, 0.2) is 23.1 Å². The van der Waals surface area contributed by atoms with Crippen molar-refractivity contribution in [2.75, 3.05) is 5.73 Å². The van der Waals surface area contributed by atoms with Crippen molar-refractivity contribution in [3.8, 4) is 0 Å². The Labute approximate surface area is 114 Å². The van der Waals surface area contributed by atoms with Gasteiger partial charge in [0, 0.05) is 11.7 Å². The van der Waals surface area contributed by atoms with Gasteiger partial charge in [-0.05, 0) is 31.5 Å². The normalized spacial score (nSPS) is 13.4. The van der Waals surface area contributed by atoms with Crippen LogP contribution in [0.25, 0.3) is 0 Å². The lowest BCUT2D eigenvalue weighted by molar-refractivity contribution is 0.526. The largest absolute Gasteiger partial charge is 0.399 e. The molecule has 0 bridgehead atoms. The molecule has 1 aromatic carbocycles. The van der Waals surface area contributed by atoms with Crippen molar-refractivity contribution in [1.82, 2.24) is 4.72 Å². The van der Waals surface area contributed by atoms with Gasteiger partial charge in [0.25, 0.3) is 0 Å². The number of sulfonamides is 1. The fourth-order valence-electron chi connectivity index (χ4n) is 1.83. The van der Waals surface area contributed by atoms with Crippen LogP contribution < -0.4 is 10.5 Å². The monoisotopic (exact) mass is 288 g/mol. The molecule has 0 aromatic heterocycles. The van der Waals surface area contributed by atoms with Crippen molar-refractivity contribution in [2.45, 2.75) is 50.5 Å². The second-order valence-electron chi connectivity index (χ2n) is 4.74. The Morgan fingerprint density at radius 3 is 2.58 bits per heavy atom. The second kappa shape index (κ2) is 6.86. The first-order chi connectivity index (χ1) is 8.85. The van der Waals surface area contributed by atoms with E-state index in [1.807, 2.05) is 0 Å². The lowest BCUT2D eigenvalue weighted by Crippen LogP contribution is -2.32. The van der Waals surface area contributed by atoms with Crippen LogP contribution in [0.1, 0.15) is 39.5 Å². The first-order valence-electron chi connectivity index (χ1n) is 6.43. The van der Waals surface area contributed by atoms with E-state index in [2.05, 4.69) is 11.6 Å². The molecule has 1 rings (SSSR count). The lowest BCUT2D eigenvalue weighted by atomic mass is 10.1. The molecule has 6 heteroatoms. The minimum atomic E-state index is -3.71. The van der Waals surface area contributed by atoms with E-state index in [-0.39, 0.29) is 16.6 Å². The van der Waals surface area contributed by atoms with Gasteiger partial charge in [0.1, 0.15) is 5.82 Å². The van der Waals surface area contributed by atoms with E-state index in [0.29, 0.717) is 0 Å². The molecule has 0 aliphatic rings. The zero-order valence-electron chi connectivity index (χ0n) is 11.3. The maximum atomic E-state index is 13.2. The molecule has 0 radical (unpaired) electrons. The molecule has 3 N–H and O–H groups in total. The number of halogens is 1. The van der Waals surface area contributed by atoms with E-state index in [1.165, 1.54) is 6.07 Å². The fourth-order valence-corrected chi connectivity index (χ4v) is 3.17. The van der Waals surface area contributed by atoms with E-state index < -0.39 is 15.8 Å². The van der Waals surface area contributed by atoms with Crippen LogP contribution in [0.4, 0.5) is 10.1 Å². The third-order valence-corrected chi connectivity index (χ3v) is 4.37. The zero-order valence-corrected chi connectivity index (χ0v) is 12.1. The van der Waals surface area contributed by atoms with E-state index >= 15 is 0 Å². The number of hydrogen-bond acceptors (Lipinski definition) is 3. The highest BCUT2D eigenvalue weighted by molar-refractivity contribution is 7.89. The maximum Gasteiger partial charge on any atom is 0.240 e. The van der Waals surface area contributed by atoms with Crippen molar-refractivity contribution < 1.29 is 12.8 Å². The van der Waals surface area contributed by atoms with E-state index in [1.54, 1.807) is 6.92 Å². The predicted molar refractivity (Wildman–Crippen MR) is 74.7 cm³/mol. The number of unbranched alkanes of at least 4 members (excludes halogenated alkanes) is 2. The van der Waals surface area contributed by atoms with Gasteiger partial charge in [-0.1, -0.05) is 26.2 Å². The Morgan fingerprint density at radius 1 is 1.32 bits per heavy atom. The van der Waals surface area contributed by atoms with Crippen molar-refractivity contribution in [3.05, 3.63) is 24.0 Å². The molecular weight excluding hydrogens is 267 g/mol. The Hall–Kier alpha value is -1.14. The summed E-state index contributed by atoms with van der Waals surface area (Å²) in [5.74, 6) is -0.654. The van der Waals surface area contributed by atoms with Crippen molar-refractivity contribution in [2.24, 2.45) is 0 Å². The predicted octanol–water partition coefficient (Wildman–Crippen LogP) is 2.66. The molecule has 0 heterocycles. The van der Waals surface area contributed by atoms with Gasteiger partial charge in [-0.25, -0.2) is 17.5 Å². The summed E-state index contributed by atoms with van der Waals surface area (Å²) in [6.45, 7) is 3.89. The highest BCUT2D eigenvalue weighted by Gasteiger charge is 2.18. The SMILES string of the molecule is CCCCCC(C)NS(=O)(=O)c1cc(N)cc(F)c1. The van der Waals surface area contributed by atoms with Crippen LogP contribution >= 0.6 is 0 Å². The van der Waals surface area contributed by atoms with Crippen LogP contribution in [0.3, 0.4) is 0 Å². The Morgan fingerprint density at radius 2 is 2.00 bits per heavy atom. The molecule has 19 heavy (non-hydrogen) atoms. The third-order valence-electron chi connectivity index (χ3n) is 2.80. The number of nitrogens with two attached hydrogens (primary N) is 1. The van der Waals surface area contributed by atoms with Crippen LogP contribution in [-0.4, -0.2) is 14.5 Å². The van der Waals surface area contributed by atoms with Crippen molar-refractivity contribution >= 4 is 15.7 Å². The Bertz CT molecular complexity index is 497. The average Bonchev–Trinajstić information content (AvgIpc) is 2.27. The maximum absolute atomic E-state index is 13.2. The van der Waals surface area contributed by atoms with Crippen LogP contribution in [0, 0.1) is 5.82 Å². The van der Waals surface area contributed by atoms with Gasteiger partial charge in [-0.3, -0.25) is 0 Å². The van der Waals surface area contributed by atoms with Gasteiger partial charge >= 0.3 is 0 Å². The molecule has 0 saturated heterocycles. The quantitative estimate of drug-likeness (QED) is 0.598. The number of nitrogens with one attached hydrogen (secondary N) is 1. The third kappa shape index (κ3) is 5.16. The number of hydrogen-bond donors (Lipinski definition) is 2. The summed E-state index contributed by atoms with van der Waals surface area (Å²) in [6, 6.07) is 3.13. The van der Waals surface area contributed by atoms with Crippen LogP contribution in [-0.2, 0) is 10.0 Å². The zero-order chi connectivity index (χ0) is 14.5. The summed E-state index contributed by atoms with van der Waals surface area (Å²) >= 11 is 0. The summed E-state index contributed by atoms with van der Waals surface area (Å²) in [5.41, 5.74) is 5.55. The summed E-state index contributed by atoms with van der Waals surface area (Å²) in [7, 11) is -3.71. The van der Waals surface area contributed by atoms with Crippen molar-refractivity contribution in [3.63, 3.8) is 0 Å². The lowest BCUT2D eigenvalue weighted by Gasteiger charge is -2.14. The average molecular weight is 288 g/mol. The highest BCUT2D eigenvalue weighted by Crippen LogP contribution is 2.16. The Kier molecular flexibility index (Phi) is 5.75. The van der Waals surface area contributed by atoms with Gasteiger partial charge in [0.15, 0.2) is 0 Å². The van der Waals surface area contributed by atoms with Gasteiger partial charge < -0.3 is 5.73 Å². The smallest absolute Gasteiger partial charge is 0.240 e. The minimum Gasteiger partial charge on any atom is -0.399 e. The van der Waals surface area contributed by atoms with Gasteiger partial charge in [-0.2, -0.15) is 0 Å². The molecule has 4 nitrogen and oxygen atoms in total. The van der Waals surface area contributed by atoms with Crippen LogP contribution in [0.2, 0.25) is 0 Å². The molecule has 1 unspecified atom stereocenters. The molecule has 0 amide bonds. The first-order valence-corrected chi connectivity index (χ1v) is 7.92. The molecular formula is C13H21FN2O2S. The molecule has 1 aromatic rings. The Balaban J connectivity index is 2.75. The molecule has 108 valence electrons. The van der Waals surface area contributed by atoms with E-state index in [4.69, 9.17) is 5.73 Å². The standard InChI is InChI=1S/C13H21FN2O2S/c1-3-4-5-6-10(2)16-19(17,18)13-8-11(14)7-12(15)9-13/h7-10,16H,3-6,15H2,1-2H3. The van der Waals surface area contributed by atoms with Gasteiger partial charge in [-0.15, -0.1) is 0 Å². The summed E-state index contributed by atoms with van der Waals surface area (Å²) < 4.78 is 39.8. The highest BCUT2D eigenvalue weighted by atomic mass is 32.2. The summed E-state index contributed by atoms with van der Waals surface area (Å²) in [5, 5.41) is 0. The summed E-state index contributed by atoms with van der Waals surface area (Å²) in [6.07, 6.45) is 3.88. The first kappa shape index (κ1) is 15.9. The molecule has 0 spiro atoms. The molecule has 1 atom stereocenters. The number of nitrogen functional groups attached to an aromatic ring is 1. The molecule has 0 aliphatic heterocycles. The van der Waals surface area contributed by atoms with Crippen molar-refractivity contribution in [1.29, 1.82) is 0 Å². The topological polar surface area (TPSA) is 72.2 Å². The molecule has 0 aliphatic carbocycles. The number of benzene rings is 1. The van der Waals surface area contributed by atoms with E-state index in [0.717, 1.165) is 37.8 Å². The fraction of sp³-hybridized carbons (Fsp3) is 0.538. The minimum absolute atomic E-state index is 0.0963. The van der Waals surface area contributed by atoms with E-state index in [9.17, 15) is 12.8 Å². The molecule has 0 fully saturated rings. The molecule has 0 saturated carbocycles. The van der Waals surface area contributed by atoms with Crippen LogP contribution in [0.5, 0.6) is 0 Å².